The van der Waals surface area contributed by atoms with Crippen LogP contribution in [0, 0.1) is 11.3 Å². The van der Waals surface area contributed by atoms with Gasteiger partial charge in [0.15, 0.2) is 11.3 Å². The van der Waals surface area contributed by atoms with Crippen LogP contribution < -0.4 is 5.63 Å². The SMILES string of the molecule is COC(=O)Cc1oc(=O)c(C#N)c(O)c1C(=O)OC. The lowest BCUT2D eigenvalue weighted by molar-refractivity contribution is -0.140. The smallest absolute Gasteiger partial charge is 0.357 e. The van der Waals surface area contributed by atoms with Crippen LogP contribution in [-0.4, -0.2) is 31.3 Å². The standard InChI is InChI=1S/C11H9NO7/c1-17-7(13)3-6-8(11(16)18-2)9(14)5(4-12)10(15)19-6/h14H,3H2,1-2H3. The van der Waals surface area contributed by atoms with Gasteiger partial charge < -0.3 is 19.0 Å². The molecule has 0 amide bonds. The highest BCUT2D eigenvalue weighted by molar-refractivity contribution is 5.95. The van der Waals surface area contributed by atoms with Crippen LogP contribution in [0.25, 0.3) is 0 Å². The normalized spacial score (nSPS) is 9.53. The molecule has 0 aromatic carbocycles. The third-order valence-corrected chi connectivity index (χ3v) is 2.21. The Labute approximate surface area is 106 Å². The van der Waals surface area contributed by atoms with Crippen molar-refractivity contribution in [2.75, 3.05) is 14.2 Å². The van der Waals surface area contributed by atoms with Gasteiger partial charge in [0.05, 0.1) is 14.2 Å². The summed E-state index contributed by atoms with van der Waals surface area (Å²) in [4.78, 5) is 34.0. The van der Waals surface area contributed by atoms with Gasteiger partial charge in [-0.2, -0.15) is 5.26 Å². The van der Waals surface area contributed by atoms with E-state index in [0.29, 0.717) is 0 Å². The largest absolute Gasteiger partial charge is 0.505 e. The van der Waals surface area contributed by atoms with Gasteiger partial charge >= 0.3 is 17.6 Å². The summed E-state index contributed by atoms with van der Waals surface area (Å²) >= 11 is 0. The van der Waals surface area contributed by atoms with Crippen molar-refractivity contribution < 1.29 is 28.6 Å². The van der Waals surface area contributed by atoms with E-state index in [-0.39, 0.29) is 0 Å². The summed E-state index contributed by atoms with van der Waals surface area (Å²) < 4.78 is 13.4. The number of hydrogen-bond donors (Lipinski definition) is 1. The number of nitrogens with zero attached hydrogens (tertiary/aromatic N) is 1. The van der Waals surface area contributed by atoms with Crippen molar-refractivity contribution in [2.24, 2.45) is 0 Å². The second-order valence-corrected chi connectivity index (χ2v) is 3.27. The molecule has 0 saturated carbocycles. The Kier molecular flexibility index (Phi) is 4.26. The maximum Gasteiger partial charge on any atom is 0.357 e. The number of carbonyl (C=O) groups excluding carboxylic acids is 2. The fourth-order valence-corrected chi connectivity index (χ4v) is 1.31. The Bertz CT molecular complexity index is 623. The maximum absolute atomic E-state index is 11.5. The first-order valence-corrected chi connectivity index (χ1v) is 4.90. The molecule has 0 bridgehead atoms. The molecule has 19 heavy (non-hydrogen) atoms. The number of hydrogen-bond acceptors (Lipinski definition) is 8. The van der Waals surface area contributed by atoms with E-state index in [4.69, 9.17) is 5.26 Å². The summed E-state index contributed by atoms with van der Waals surface area (Å²) in [6.07, 6.45) is -0.560. The van der Waals surface area contributed by atoms with Crippen LogP contribution in [0.4, 0.5) is 0 Å². The lowest BCUT2D eigenvalue weighted by Gasteiger charge is -2.08. The van der Waals surface area contributed by atoms with Gasteiger partial charge in [-0.05, 0) is 0 Å². The molecular formula is C11H9NO7. The zero-order chi connectivity index (χ0) is 14.6. The van der Waals surface area contributed by atoms with Gasteiger partial charge in [-0.3, -0.25) is 4.79 Å². The fraction of sp³-hybridized carbons (Fsp3) is 0.273. The molecular weight excluding hydrogens is 258 g/mol. The van der Waals surface area contributed by atoms with Crippen molar-refractivity contribution in [2.45, 2.75) is 6.42 Å². The number of ether oxygens (including phenoxy) is 2. The average Bonchev–Trinajstić information content (AvgIpc) is 2.38. The number of carbonyl (C=O) groups is 2. The van der Waals surface area contributed by atoms with E-state index >= 15 is 0 Å². The van der Waals surface area contributed by atoms with Gasteiger partial charge in [0.25, 0.3) is 0 Å². The highest BCUT2D eigenvalue weighted by Crippen LogP contribution is 2.24. The van der Waals surface area contributed by atoms with Crippen LogP contribution in [0.1, 0.15) is 21.7 Å². The Hall–Kier alpha value is -2.82. The molecule has 0 unspecified atom stereocenters. The van der Waals surface area contributed by atoms with Crippen molar-refractivity contribution in [3.63, 3.8) is 0 Å². The van der Waals surface area contributed by atoms with Crippen LogP contribution >= 0.6 is 0 Å². The molecule has 8 nitrogen and oxygen atoms in total. The van der Waals surface area contributed by atoms with Crippen LogP contribution in [0.5, 0.6) is 5.75 Å². The maximum atomic E-state index is 11.5. The molecule has 1 N–H and O–H groups in total. The van der Waals surface area contributed by atoms with E-state index in [0.717, 1.165) is 14.2 Å². The van der Waals surface area contributed by atoms with Crippen LogP contribution in [-0.2, 0) is 20.7 Å². The van der Waals surface area contributed by atoms with Gasteiger partial charge in [-0.1, -0.05) is 0 Å². The second kappa shape index (κ2) is 5.68. The number of methoxy groups -OCH3 is 2. The number of esters is 2. The summed E-state index contributed by atoms with van der Waals surface area (Å²) in [5.41, 5.74) is -2.45. The first-order valence-electron chi connectivity index (χ1n) is 4.90. The molecule has 0 saturated heterocycles. The van der Waals surface area contributed by atoms with Gasteiger partial charge in [0, 0.05) is 0 Å². The third-order valence-electron chi connectivity index (χ3n) is 2.21. The minimum absolute atomic E-state index is 0.430. The summed E-state index contributed by atoms with van der Waals surface area (Å²) in [7, 11) is 2.13. The molecule has 1 aromatic heterocycles. The average molecular weight is 267 g/mol. The molecule has 1 aromatic rings. The van der Waals surface area contributed by atoms with E-state index in [1.807, 2.05) is 0 Å². The first-order chi connectivity index (χ1) is 8.96. The minimum Gasteiger partial charge on any atom is -0.505 e. The Morgan fingerprint density at radius 3 is 2.47 bits per heavy atom. The van der Waals surface area contributed by atoms with Crippen molar-refractivity contribution in [3.8, 4) is 11.8 Å². The molecule has 0 radical (unpaired) electrons. The number of rotatable bonds is 3. The van der Waals surface area contributed by atoms with Crippen LogP contribution in [0.3, 0.4) is 0 Å². The highest BCUT2D eigenvalue weighted by atomic mass is 16.5. The number of nitriles is 1. The van der Waals surface area contributed by atoms with E-state index in [1.54, 1.807) is 0 Å². The predicted molar refractivity (Wildman–Crippen MR) is 58.4 cm³/mol. The quantitative estimate of drug-likeness (QED) is 0.740. The van der Waals surface area contributed by atoms with Gasteiger partial charge in [-0.15, -0.1) is 0 Å². The van der Waals surface area contributed by atoms with Crippen molar-refractivity contribution in [1.82, 2.24) is 0 Å². The Morgan fingerprint density at radius 1 is 1.37 bits per heavy atom. The molecule has 0 aliphatic heterocycles. The first kappa shape index (κ1) is 14.2. The summed E-state index contributed by atoms with van der Waals surface area (Å²) in [6.45, 7) is 0. The zero-order valence-electron chi connectivity index (χ0n) is 10.1. The fourth-order valence-electron chi connectivity index (χ4n) is 1.31. The molecule has 0 aliphatic carbocycles. The van der Waals surface area contributed by atoms with Gasteiger partial charge in [0.2, 0.25) is 0 Å². The molecule has 0 spiro atoms. The van der Waals surface area contributed by atoms with Crippen LogP contribution in [0.15, 0.2) is 9.21 Å². The summed E-state index contributed by atoms with van der Waals surface area (Å²) in [5.74, 6) is -3.15. The molecule has 0 aliphatic rings. The number of aromatic hydroxyl groups is 1. The monoisotopic (exact) mass is 267 g/mol. The van der Waals surface area contributed by atoms with Crippen molar-refractivity contribution in [1.29, 1.82) is 5.26 Å². The van der Waals surface area contributed by atoms with E-state index in [1.165, 1.54) is 6.07 Å². The zero-order valence-corrected chi connectivity index (χ0v) is 10.1. The van der Waals surface area contributed by atoms with Crippen molar-refractivity contribution >= 4 is 11.9 Å². The van der Waals surface area contributed by atoms with E-state index in [9.17, 15) is 19.5 Å². The third kappa shape index (κ3) is 2.71. The molecule has 1 heterocycles. The van der Waals surface area contributed by atoms with Gasteiger partial charge in [-0.25, -0.2) is 9.59 Å². The Morgan fingerprint density at radius 2 is 2.00 bits per heavy atom. The van der Waals surface area contributed by atoms with E-state index < -0.39 is 46.6 Å². The molecule has 100 valence electrons. The predicted octanol–water partition coefficient (Wildman–Crippen LogP) is -0.281. The lowest BCUT2D eigenvalue weighted by atomic mass is 10.1. The molecule has 1 rings (SSSR count). The molecule has 0 fully saturated rings. The highest BCUT2D eigenvalue weighted by Gasteiger charge is 2.26. The molecule has 0 atom stereocenters. The lowest BCUT2D eigenvalue weighted by Crippen LogP contribution is -2.17. The van der Waals surface area contributed by atoms with Crippen LogP contribution in [0.2, 0.25) is 0 Å². The van der Waals surface area contributed by atoms with Crippen molar-refractivity contribution in [3.05, 3.63) is 27.3 Å². The summed E-state index contributed by atoms with van der Waals surface area (Å²) in [6, 6.07) is 1.40. The summed E-state index contributed by atoms with van der Waals surface area (Å²) in [5, 5.41) is 18.4. The van der Waals surface area contributed by atoms with E-state index in [2.05, 4.69) is 13.9 Å². The van der Waals surface area contributed by atoms with Gasteiger partial charge in [0.1, 0.15) is 23.8 Å². The minimum atomic E-state index is -1.16. The molecule has 8 heteroatoms. The Balaban J connectivity index is 3.54. The second-order valence-electron chi connectivity index (χ2n) is 3.27. The topological polar surface area (TPSA) is 127 Å².